The minimum atomic E-state index is -1.13. The van der Waals surface area contributed by atoms with E-state index in [-0.39, 0.29) is 120 Å². The predicted molar refractivity (Wildman–Crippen MR) is 246 cm³/mol. The van der Waals surface area contributed by atoms with Crippen LogP contribution < -0.4 is 0 Å². The number of alkyl halides is 2. The van der Waals surface area contributed by atoms with Crippen LogP contribution in [0.4, 0.5) is 0 Å². The third-order valence-electron chi connectivity index (χ3n) is 11.5. The van der Waals surface area contributed by atoms with Gasteiger partial charge in [0.1, 0.15) is 11.6 Å². The van der Waals surface area contributed by atoms with Gasteiger partial charge in [-0.05, 0) is 12.8 Å². The number of carbonyl (C=O) groups excluding carboxylic acids is 17. The van der Waals surface area contributed by atoms with Gasteiger partial charge in [0, 0.05) is 122 Å². The van der Waals surface area contributed by atoms with Gasteiger partial charge in [0.15, 0.2) is 0 Å². The molecule has 4 aliphatic heterocycles. The van der Waals surface area contributed by atoms with Crippen molar-refractivity contribution in [1.82, 2.24) is 35.0 Å². The summed E-state index contributed by atoms with van der Waals surface area (Å²) in [6.45, 7) is -3.04. The van der Waals surface area contributed by atoms with Crippen molar-refractivity contribution in [3.8, 4) is 0 Å². The van der Waals surface area contributed by atoms with Crippen molar-refractivity contribution < 1.29 is 101 Å². The van der Waals surface area contributed by atoms with Crippen LogP contribution in [0.25, 0.3) is 0 Å². The molecule has 0 aromatic heterocycles. The summed E-state index contributed by atoms with van der Waals surface area (Å²) in [6, 6.07) is 0. The molecule has 0 spiro atoms. The molecule has 0 radical (unpaired) electrons. The van der Waals surface area contributed by atoms with Crippen LogP contribution in [0.15, 0.2) is 0 Å². The molecule has 4 saturated heterocycles. The van der Waals surface area contributed by atoms with Crippen molar-refractivity contribution in [2.24, 2.45) is 5.92 Å². The van der Waals surface area contributed by atoms with Crippen LogP contribution in [0.1, 0.15) is 116 Å². The zero-order valence-electron chi connectivity index (χ0n) is 39.9. The summed E-state index contributed by atoms with van der Waals surface area (Å²) in [4.78, 5) is 238. The summed E-state index contributed by atoms with van der Waals surface area (Å²) in [5.74, 6) is -14.8. The highest BCUT2D eigenvalue weighted by Crippen LogP contribution is 2.22. The molecular weight excluding hydrogens is 1120 g/mol. The van der Waals surface area contributed by atoms with E-state index in [9.17, 15) is 81.5 Å². The Labute approximate surface area is 437 Å². The molecule has 0 unspecified atom stereocenters. The average Bonchev–Trinajstić information content (AvgIpc) is 4.08. The third kappa shape index (κ3) is 18.3. The summed E-state index contributed by atoms with van der Waals surface area (Å²) in [7, 11) is 0. The smallest absolute Gasteiger partial charge is 0.334 e. The van der Waals surface area contributed by atoms with Crippen molar-refractivity contribution in [3.63, 3.8) is 0 Å². The maximum Gasteiger partial charge on any atom is 0.334 e. The van der Waals surface area contributed by atoms with Crippen molar-refractivity contribution in [2.45, 2.75) is 116 Å². The molecule has 11 amide bonds. The van der Waals surface area contributed by atoms with Gasteiger partial charge in [-0.1, -0.05) is 31.9 Å². The number of imide groups is 4. The topological polar surface area (TPSA) is 350 Å². The Morgan fingerprint density at radius 1 is 0.365 bits per heavy atom. The predicted octanol–water partition coefficient (Wildman–Crippen LogP) is -0.654. The van der Waals surface area contributed by atoms with E-state index < -0.39 is 173 Å². The zero-order valence-corrected chi connectivity index (χ0v) is 43.1. The molecule has 4 heterocycles. The molecule has 0 aliphatic carbocycles. The lowest BCUT2D eigenvalue weighted by molar-refractivity contribution is -0.198. The number of nitrogens with zero attached hydrogens (tertiary/aromatic N) is 7. The van der Waals surface area contributed by atoms with Gasteiger partial charge in [-0.15, -0.1) is 20.3 Å². The van der Waals surface area contributed by atoms with E-state index in [0.29, 0.717) is 0 Å². The van der Waals surface area contributed by atoms with E-state index in [1.807, 2.05) is 0 Å². The minimum Gasteiger partial charge on any atom is -0.341 e. The number of ketones is 2. The summed E-state index contributed by atoms with van der Waals surface area (Å²) in [6.07, 6.45) is -5.81. The molecule has 404 valence electrons. The molecule has 0 atom stereocenters. The molecule has 0 saturated carbocycles. The van der Waals surface area contributed by atoms with E-state index in [1.54, 1.807) is 0 Å². The molecule has 4 aliphatic rings. The van der Waals surface area contributed by atoms with Gasteiger partial charge < -0.3 is 34.1 Å². The first-order valence-electron chi connectivity index (χ1n) is 23.4. The van der Waals surface area contributed by atoms with Gasteiger partial charge in [-0.25, -0.2) is 19.2 Å². The van der Waals surface area contributed by atoms with Crippen molar-refractivity contribution in [1.29, 1.82) is 0 Å². The lowest BCUT2D eigenvalue weighted by Gasteiger charge is -2.30. The molecule has 28 nitrogen and oxygen atoms in total. The Morgan fingerprint density at radius 3 is 0.824 bits per heavy atom. The molecule has 74 heavy (non-hydrogen) atoms. The molecule has 4 rings (SSSR count). The number of hydroxylamine groups is 8. The maximum atomic E-state index is 14.5. The summed E-state index contributed by atoms with van der Waals surface area (Å²) in [5, 5.41) is 1.02. The Kier molecular flexibility index (Phi) is 23.5. The molecule has 30 heteroatoms. The molecule has 0 aromatic carbocycles. The van der Waals surface area contributed by atoms with Crippen LogP contribution in [0.2, 0.25) is 0 Å². The average molecular weight is 1180 g/mol. The van der Waals surface area contributed by atoms with Gasteiger partial charge >= 0.3 is 23.9 Å². The van der Waals surface area contributed by atoms with Gasteiger partial charge in [0.2, 0.25) is 17.7 Å². The Morgan fingerprint density at radius 2 is 0.595 bits per heavy atom. The summed E-state index contributed by atoms with van der Waals surface area (Å²) in [5.41, 5.74) is 0. The van der Waals surface area contributed by atoms with Crippen LogP contribution in [-0.2, 0) is 101 Å². The lowest BCUT2D eigenvalue weighted by Crippen LogP contribution is -2.44. The maximum absolute atomic E-state index is 14.5. The van der Waals surface area contributed by atoms with Crippen LogP contribution >= 0.6 is 31.9 Å². The largest absolute Gasteiger partial charge is 0.341 e. The van der Waals surface area contributed by atoms with Crippen molar-refractivity contribution >= 4 is 132 Å². The minimum absolute atomic E-state index is 0.0562. The Balaban J connectivity index is 1.57. The molecule has 4 fully saturated rings. The van der Waals surface area contributed by atoms with E-state index in [4.69, 9.17) is 19.4 Å². The first kappa shape index (κ1) is 59.7. The highest BCUT2D eigenvalue weighted by atomic mass is 79.9. The standard InChI is InChI=1S/C44H53Br2N7O21/c45-25-28(54)3-1-27(2-4-29(55)26-46)44(70)49(19-13-30(56)47(21-15-40(66)71-50-32(58)5-6-33(50)59)22-16-41(67)72-51-34(60)7-8-35(51)61)20-14-31(57)48(23-17-42(68)73-52-36(62)9-10-37(52)63)24-18-43(69)74-53-38(64)11-12-39(53)65/h27H,1-26H2. The van der Waals surface area contributed by atoms with E-state index in [0.717, 1.165) is 14.7 Å². The highest BCUT2D eigenvalue weighted by Gasteiger charge is 2.37. The highest BCUT2D eigenvalue weighted by molar-refractivity contribution is 9.09. The quantitative estimate of drug-likeness (QED) is 0.0614. The van der Waals surface area contributed by atoms with E-state index >= 15 is 0 Å². The number of rotatable bonds is 31. The number of hydrogen-bond acceptors (Lipinski definition) is 21. The SMILES string of the molecule is O=C(CBr)CCC(CCC(=O)CBr)C(=O)N(CCC(=O)N(CCC(=O)ON1C(=O)CCC1=O)CCC(=O)ON1C(=O)CCC1=O)CCC(=O)N(CCC(=O)ON1C(=O)CCC1=O)CCC(=O)ON1C(=O)CCC1=O. The van der Waals surface area contributed by atoms with Gasteiger partial charge in [0.05, 0.1) is 36.3 Å². The van der Waals surface area contributed by atoms with E-state index in [1.165, 1.54) is 0 Å². The summed E-state index contributed by atoms with van der Waals surface area (Å²) >= 11 is 6.15. The van der Waals surface area contributed by atoms with Crippen LogP contribution in [0.3, 0.4) is 0 Å². The van der Waals surface area contributed by atoms with Crippen molar-refractivity contribution in [3.05, 3.63) is 0 Å². The van der Waals surface area contributed by atoms with Crippen LogP contribution in [0.5, 0.6) is 0 Å². The second-order valence-electron chi connectivity index (χ2n) is 16.9. The monoisotopic (exact) mass is 1170 g/mol. The number of halogens is 2. The number of carbonyl (C=O) groups is 17. The fraction of sp³-hybridized carbons (Fsp3) is 0.614. The van der Waals surface area contributed by atoms with Crippen LogP contribution in [-0.4, -0.2) is 185 Å². The Hall–Kier alpha value is -6.85. The zero-order chi connectivity index (χ0) is 54.6. The first-order valence-corrected chi connectivity index (χ1v) is 25.6. The van der Waals surface area contributed by atoms with Crippen molar-refractivity contribution in [2.75, 3.05) is 49.9 Å². The molecule has 0 aromatic rings. The molecule has 0 bridgehead atoms. The van der Waals surface area contributed by atoms with Crippen LogP contribution in [0, 0.1) is 5.92 Å². The number of amides is 11. The fourth-order valence-electron chi connectivity index (χ4n) is 7.41. The molecule has 0 N–H and O–H groups in total. The second kappa shape index (κ2) is 29.1. The normalized spacial score (nSPS) is 15.6. The van der Waals surface area contributed by atoms with Gasteiger partial charge in [-0.2, -0.15) is 0 Å². The Bertz CT molecular complexity index is 1990. The van der Waals surface area contributed by atoms with Gasteiger partial charge in [0.25, 0.3) is 47.3 Å². The first-order chi connectivity index (χ1) is 35.1. The fourth-order valence-corrected chi connectivity index (χ4v) is 7.97. The second-order valence-corrected chi connectivity index (χ2v) is 18.0. The summed E-state index contributed by atoms with van der Waals surface area (Å²) < 4.78 is 0. The van der Waals surface area contributed by atoms with Gasteiger partial charge in [-0.3, -0.25) is 62.3 Å². The molecular formula is C44H53Br2N7O21. The van der Waals surface area contributed by atoms with E-state index in [2.05, 4.69) is 31.9 Å². The number of hydrogen-bond donors (Lipinski definition) is 0. The number of Topliss-reactive ketones (excluding diaryl/α,β-unsaturated/α-hetero) is 2. The third-order valence-corrected chi connectivity index (χ3v) is 12.8. The lowest BCUT2D eigenvalue weighted by atomic mass is 9.93.